The number of ether oxygens (including phenoxy) is 3. The number of anilines is 1. The molecule has 0 unspecified atom stereocenters. The maximum atomic E-state index is 13.5. The predicted octanol–water partition coefficient (Wildman–Crippen LogP) is 4.58. The summed E-state index contributed by atoms with van der Waals surface area (Å²) in [6.45, 7) is 5.26. The monoisotopic (exact) mass is 522 g/mol. The number of carbonyl (C=O) groups excluding carboxylic acids is 3. The fourth-order valence-corrected chi connectivity index (χ4v) is 5.25. The lowest BCUT2D eigenvalue weighted by Gasteiger charge is -2.24. The molecule has 1 atom stereocenters. The maximum Gasteiger partial charge on any atom is 0.350 e. The van der Waals surface area contributed by atoms with E-state index in [-0.39, 0.29) is 27.9 Å². The Bertz CT molecular complexity index is 1430. The zero-order chi connectivity index (χ0) is 26.9. The van der Waals surface area contributed by atoms with Crippen LogP contribution in [0.15, 0.2) is 48.0 Å². The second kappa shape index (κ2) is 10.4. The highest BCUT2D eigenvalue weighted by Gasteiger charge is 2.49. The topological polar surface area (TPSA) is 115 Å². The molecule has 1 saturated heterocycles. The smallest absolute Gasteiger partial charge is 0.350 e. The third kappa shape index (κ3) is 4.55. The molecule has 1 aliphatic heterocycles. The lowest BCUT2D eigenvalue weighted by Crippen LogP contribution is -2.29. The van der Waals surface area contributed by atoms with Crippen LogP contribution in [0.2, 0.25) is 0 Å². The van der Waals surface area contributed by atoms with Crippen molar-refractivity contribution in [1.29, 1.82) is 0 Å². The average molecular weight is 523 g/mol. The van der Waals surface area contributed by atoms with Crippen molar-refractivity contribution in [3.05, 3.63) is 75.3 Å². The number of esters is 1. The molecular weight excluding hydrogens is 496 g/mol. The Morgan fingerprint density at radius 2 is 1.84 bits per heavy atom. The van der Waals surface area contributed by atoms with Gasteiger partial charge in [0.15, 0.2) is 5.13 Å². The van der Waals surface area contributed by atoms with Gasteiger partial charge in [0.25, 0.3) is 5.78 Å². The second-order valence-electron chi connectivity index (χ2n) is 8.22. The molecule has 0 aliphatic carbocycles. The molecule has 4 rings (SSSR count). The molecule has 2 aromatic carbocycles. The number of methoxy groups -OCH3 is 2. The van der Waals surface area contributed by atoms with Crippen molar-refractivity contribution in [3.63, 3.8) is 0 Å². The molecule has 10 heteroatoms. The van der Waals surface area contributed by atoms with Crippen molar-refractivity contribution < 1.29 is 33.7 Å². The van der Waals surface area contributed by atoms with Crippen LogP contribution in [0.4, 0.5) is 5.13 Å². The van der Waals surface area contributed by atoms with E-state index in [9.17, 15) is 19.5 Å². The van der Waals surface area contributed by atoms with Crippen LogP contribution in [0.25, 0.3) is 5.76 Å². The van der Waals surface area contributed by atoms with E-state index >= 15 is 0 Å². The van der Waals surface area contributed by atoms with Gasteiger partial charge >= 0.3 is 11.9 Å². The van der Waals surface area contributed by atoms with Gasteiger partial charge in [-0.15, -0.1) is 0 Å². The molecule has 3 aromatic rings. The molecule has 9 nitrogen and oxygen atoms in total. The molecular formula is C27H26N2O7S. The largest absolute Gasteiger partial charge is 0.507 e. The van der Waals surface area contributed by atoms with Crippen LogP contribution in [0.1, 0.15) is 45.0 Å². The number of hydrogen-bond donors (Lipinski definition) is 1. The van der Waals surface area contributed by atoms with Gasteiger partial charge in [0.2, 0.25) is 0 Å². The molecule has 192 valence electrons. The number of aryl methyl sites for hydroxylation is 2. The van der Waals surface area contributed by atoms with Crippen molar-refractivity contribution in [3.8, 4) is 11.5 Å². The Kier molecular flexibility index (Phi) is 7.30. The zero-order valence-electron chi connectivity index (χ0n) is 21.0. The number of thiazole rings is 1. The minimum atomic E-state index is -1.06. The number of ketones is 1. The Hall–Kier alpha value is -4.18. The van der Waals surface area contributed by atoms with Crippen molar-refractivity contribution in [1.82, 2.24) is 4.98 Å². The summed E-state index contributed by atoms with van der Waals surface area (Å²) in [5.74, 6) is -1.67. The average Bonchev–Trinajstić information content (AvgIpc) is 3.40. The van der Waals surface area contributed by atoms with Gasteiger partial charge in [-0.3, -0.25) is 14.5 Å². The highest BCUT2D eigenvalue weighted by molar-refractivity contribution is 7.17. The van der Waals surface area contributed by atoms with Crippen LogP contribution < -0.4 is 14.4 Å². The van der Waals surface area contributed by atoms with E-state index in [2.05, 4.69) is 4.98 Å². The molecule has 0 radical (unpaired) electrons. The summed E-state index contributed by atoms with van der Waals surface area (Å²) in [6, 6.07) is 10.9. The summed E-state index contributed by atoms with van der Waals surface area (Å²) in [5.41, 5.74) is 1.75. The lowest BCUT2D eigenvalue weighted by molar-refractivity contribution is -0.132. The fourth-order valence-electron chi connectivity index (χ4n) is 4.26. The molecule has 1 fully saturated rings. The summed E-state index contributed by atoms with van der Waals surface area (Å²) in [6.07, 6.45) is 0. The van der Waals surface area contributed by atoms with Crippen molar-refractivity contribution in [2.45, 2.75) is 26.8 Å². The van der Waals surface area contributed by atoms with Gasteiger partial charge in [0.05, 0.1) is 32.1 Å². The number of hydrogen-bond acceptors (Lipinski definition) is 9. The molecule has 1 aliphatic rings. The summed E-state index contributed by atoms with van der Waals surface area (Å²) >= 11 is 0.946. The molecule has 1 amide bonds. The summed E-state index contributed by atoms with van der Waals surface area (Å²) < 4.78 is 15.9. The Morgan fingerprint density at radius 3 is 2.49 bits per heavy atom. The van der Waals surface area contributed by atoms with Crippen LogP contribution >= 0.6 is 11.3 Å². The first-order chi connectivity index (χ1) is 17.7. The van der Waals surface area contributed by atoms with Crippen LogP contribution in [0.5, 0.6) is 11.5 Å². The first-order valence-electron chi connectivity index (χ1n) is 11.5. The fraction of sp³-hybridized carbons (Fsp3) is 0.259. The number of aromatic nitrogens is 1. The SMILES string of the molecule is CCOC(=O)c1sc(N2C(=O)C(=O)/C(=C(/O)c3ccc(OC)cc3C)[C@@H]2c2ccccc2OC)nc1C. The number of para-hydroxylation sites is 1. The Morgan fingerprint density at radius 1 is 1.11 bits per heavy atom. The first-order valence-corrected chi connectivity index (χ1v) is 12.3. The number of nitrogens with zero attached hydrogens (tertiary/aromatic N) is 2. The van der Waals surface area contributed by atoms with Gasteiger partial charge in [0, 0.05) is 11.1 Å². The standard InChI is InChI=1S/C27H26N2O7S/c1-6-36-26(33)24-15(3)28-27(37-24)29-21(18-9-7-8-10-19(18)35-5)20(23(31)25(29)32)22(30)17-12-11-16(34-4)13-14(17)2/h7-13,21,30H,6H2,1-5H3/b22-20+/t21-/m0/s1. The number of Topliss-reactive ketones (excluding diaryl/α,β-unsaturated/α-hetero) is 1. The van der Waals surface area contributed by atoms with E-state index in [1.165, 1.54) is 19.1 Å². The highest BCUT2D eigenvalue weighted by Crippen LogP contribution is 2.46. The van der Waals surface area contributed by atoms with Gasteiger partial charge in [-0.25, -0.2) is 9.78 Å². The van der Waals surface area contributed by atoms with Crippen LogP contribution in [-0.2, 0) is 14.3 Å². The maximum absolute atomic E-state index is 13.5. The van der Waals surface area contributed by atoms with E-state index in [1.807, 2.05) is 0 Å². The molecule has 1 aromatic heterocycles. The molecule has 2 heterocycles. The minimum Gasteiger partial charge on any atom is -0.507 e. The number of rotatable bonds is 7. The van der Waals surface area contributed by atoms with Crippen LogP contribution in [0.3, 0.4) is 0 Å². The second-order valence-corrected chi connectivity index (χ2v) is 9.20. The number of amides is 1. The first kappa shape index (κ1) is 25.9. The molecule has 37 heavy (non-hydrogen) atoms. The van der Waals surface area contributed by atoms with E-state index in [1.54, 1.807) is 63.2 Å². The van der Waals surface area contributed by atoms with Gasteiger partial charge in [-0.2, -0.15) is 0 Å². The molecule has 1 N–H and O–H groups in total. The van der Waals surface area contributed by atoms with Crippen molar-refractivity contribution in [2.75, 3.05) is 25.7 Å². The van der Waals surface area contributed by atoms with Crippen LogP contribution in [0, 0.1) is 13.8 Å². The Labute approximate surface area is 217 Å². The third-order valence-corrected chi connectivity index (χ3v) is 7.16. The number of benzene rings is 2. The van der Waals surface area contributed by atoms with Gasteiger partial charge in [-0.05, 0) is 50.6 Å². The minimum absolute atomic E-state index is 0.117. The quantitative estimate of drug-likeness (QED) is 0.208. The molecule has 0 saturated carbocycles. The number of aliphatic hydroxyl groups is 1. The summed E-state index contributed by atoms with van der Waals surface area (Å²) in [5, 5.41) is 11.6. The molecule has 0 bridgehead atoms. The van der Waals surface area contributed by atoms with Crippen molar-refractivity contribution >= 4 is 39.9 Å². The highest BCUT2D eigenvalue weighted by atomic mass is 32.1. The summed E-state index contributed by atoms with van der Waals surface area (Å²) in [4.78, 5) is 45.2. The third-order valence-electron chi connectivity index (χ3n) is 6.02. The predicted molar refractivity (Wildman–Crippen MR) is 138 cm³/mol. The van der Waals surface area contributed by atoms with Crippen molar-refractivity contribution in [2.24, 2.45) is 0 Å². The Balaban J connectivity index is 1.96. The van der Waals surface area contributed by atoms with Gasteiger partial charge in [-0.1, -0.05) is 29.5 Å². The van der Waals surface area contributed by atoms with E-state index in [0.29, 0.717) is 33.9 Å². The normalized spacial score (nSPS) is 16.7. The van der Waals surface area contributed by atoms with E-state index < -0.39 is 23.7 Å². The van der Waals surface area contributed by atoms with Gasteiger partial charge in [0.1, 0.15) is 28.2 Å². The molecule has 0 spiro atoms. The van der Waals surface area contributed by atoms with Gasteiger partial charge < -0.3 is 19.3 Å². The van der Waals surface area contributed by atoms with E-state index in [4.69, 9.17) is 14.2 Å². The number of carbonyl (C=O) groups is 3. The van der Waals surface area contributed by atoms with Crippen LogP contribution in [-0.4, -0.2) is 48.6 Å². The van der Waals surface area contributed by atoms with E-state index in [0.717, 1.165) is 11.3 Å². The summed E-state index contributed by atoms with van der Waals surface area (Å²) in [7, 11) is 3.01. The number of aliphatic hydroxyl groups excluding tert-OH is 1. The zero-order valence-corrected chi connectivity index (χ0v) is 21.8. The lowest BCUT2D eigenvalue weighted by atomic mass is 9.93.